The Hall–Kier alpha value is -0.930. The molecule has 1 rings (SSSR count). The molecule has 0 radical (unpaired) electrons. The zero-order chi connectivity index (χ0) is 11.3. The van der Waals surface area contributed by atoms with Crippen molar-refractivity contribution in [3.8, 4) is 0 Å². The maximum Gasteiger partial charge on any atom is 0.0687 e. The second-order valence-electron chi connectivity index (χ2n) is 4.21. The topological polar surface area (TPSA) is 45.1 Å². The fourth-order valence-corrected chi connectivity index (χ4v) is 1.28. The summed E-state index contributed by atoms with van der Waals surface area (Å²) in [4.78, 5) is 4.37. The molecular formula is C12H20N2O. The standard InChI is InChI=1S/C12H20N2O/c1-9(2)12(15)8-13-7-11-6-4-5-10(3)14-11/h4-6,9,12-13,15H,7-8H2,1-3H3. The summed E-state index contributed by atoms with van der Waals surface area (Å²) in [6.07, 6.45) is -0.283. The minimum atomic E-state index is -0.283. The Morgan fingerprint density at radius 3 is 2.73 bits per heavy atom. The summed E-state index contributed by atoms with van der Waals surface area (Å²) in [5.41, 5.74) is 2.05. The van der Waals surface area contributed by atoms with E-state index in [4.69, 9.17) is 0 Å². The number of pyridine rings is 1. The van der Waals surface area contributed by atoms with Crippen LogP contribution in [-0.2, 0) is 6.54 Å². The van der Waals surface area contributed by atoms with Gasteiger partial charge in [0, 0.05) is 18.8 Å². The lowest BCUT2D eigenvalue weighted by atomic mass is 10.1. The lowest BCUT2D eigenvalue weighted by molar-refractivity contribution is 0.123. The fourth-order valence-electron chi connectivity index (χ4n) is 1.28. The third kappa shape index (κ3) is 4.40. The fraction of sp³-hybridized carbons (Fsp3) is 0.583. The third-order valence-corrected chi connectivity index (χ3v) is 2.38. The van der Waals surface area contributed by atoms with Crippen LogP contribution in [0.25, 0.3) is 0 Å². The Morgan fingerprint density at radius 2 is 2.13 bits per heavy atom. The van der Waals surface area contributed by atoms with Crippen molar-refractivity contribution in [2.45, 2.75) is 33.4 Å². The van der Waals surface area contributed by atoms with E-state index in [1.165, 1.54) is 0 Å². The number of nitrogens with zero attached hydrogens (tertiary/aromatic N) is 1. The van der Waals surface area contributed by atoms with Crippen molar-refractivity contribution in [2.75, 3.05) is 6.54 Å². The van der Waals surface area contributed by atoms with Crippen molar-refractivity contribution in [1.82, 2.24) is 10.3 Å². The molecule has 1 heterocycles. The van der Waals surface area contributed by atoms with E-state index in [-0.39, 0.29) is 6.10 Å². The molecule has 0 saturated heterocycles. The van der Waals surface area contributed by atoms with Gasteiger partial charge in [0.05, 0.1) is 11.8 Å². The van der Waals surface area contributed by atoms with Crippen molar-refractivity contribution in [1.29, 1.82) is 0 Å². The monoisotopic (exact) mass is 208 g/mol. The van der Waals surface area contributed by atoms with Crippen molar-refractivity contribution >= 4 is 0 Å². The lowest BCUT2D eigenvalue weighted by Gasteiger charge is -2.14. The molecule has 84 valence electrons. The number of hydrogen-bond donors (Lipinski definition) is 2. The first-order chi connectivity index (χ1) is 7.09. The van der Waals surface area contributed by atoms with Gasteiger partial charge >= 0.3 is 0 Å². The molecule has 1 atom stereocenters. The average molecular weight is 208 g/mol. The molecule has 0 spiro atoms. The van der Waals surface area contributed by atoms with Gasteiger partial charge in [0.2, 0.25) is 0 Å². The summed E-state index contributed by atoms with van der Waals surface area (Å²) in [6, 6.07) is 5.96. The van der Waals surface area contributed by atoms with Gasteiger partial charge in [0.25, 0.3) is 0 Å². The van der Waals surface area contributed by atoms with E-state index >= 15 is 0 Å². The number of aliphatic hydroxyl groups is 1. The predicted molar refractivity (Wildman–Crippen MR) is 61.5 cm³/mol. The van der Waals surface area contributed by atoms with E-state index in [0.717, 1.165) is 11.4 Å². The average Bonchev–Trinajstić information content (AvgIpc) is 2.17. The molecule has 0 saturated carbocycles. The number of rotatable bonds is 5. The predicted octanol–water partition coefficient (Wildman–Crippen LogP) is 1.50. The summed E-state index contributed by atoms with van der Waals surface area (Å²) in [6.45, 7) is 7.33. The van der Waals surface area contributed by atoms with Gasteiger partial charge in [-0.15, -0.1) is 0 Å². The van der Waals surface area contributed by atoms with Crippen molar-refractivity contribution in [3.05, 3.63) is 29.6 Å². The molecule has 1 aromatic heterocycles. The van der Waals surface area contributed by atoms with Gasteiger partial charge in [0.1, 0.15) is 0 Å². The van der Waals surface area contributed by atoms with Gasteiger partial charge in [-0.3, -0.25) is 4.98 Å². The van der Waals surface area contributed by atoms with E-state index in [2.05, 4.69) is 10.3 Å². The SMILES string of the molecule is Cc1cccc(CNCC(O)C(C)C)n1. The Kier molecular flexibility index (Phi) is 4.72. The van der Waals surface area contributed by atoms with Crippen LogP contribution in [0.4, 0.5) is 0 Å². The summed E-state index contributed by atoms with van der Waals surface area (Å²) in [7, 11) is 0. The summed E-state index contributed by atoms with van der Waals surface area (Å²) < 4.78 is 0. The Morgan fingerprint density at radius 1 is 1.40 bits per heavy atom. The summed E-state index contributed by atoms with van der Waals surface area (Å²) in [5, 5.41) is 12.8. The zero-order valence-electron chi connectivity index (χ0n) is 9.70. The van der Waals surface area contributed by atoms with Crippen LogP contribution in [0.3, 0.4) is 0 Å². The van der Waals surface area contributed by atoms with Crippen LogP contribution >= 0.6 is 0 Å². The molecule has 15 heavy (non-hydrogen) atoms. The first-order valence-corrected chi connectivity index (χ1v) is 5.41. The van der Waals surface area contributed by atoms with Crippen LogP contribution in [0, 0.1) is 12.8 Å². The normalized spacial score (nSPS) is 13.1. The summed E-state index contributed by atoms with van der Waals surface area (Å²) >= 11 is 0. The highest BCUT2D eigenvalue weighted by molar-refractivity contribution is 5.09. The van der Waals surface area contributed by atoms with Gasteiger partial charge < -0.3 is 10.4 Å². The molecule has 0 fully saturated rings. The molecule has 0 aromatic carbocycles. The molecule has 0 bridgehead atoms. The van der Waals surface area contributed by atoms with Crippen LogP contribution in [0.15, 0.2) is 18.2 Å². The highest BCUT2D eigenvalue weighted by Gasteiger charge is 2.07. The minimum Gasteiger partial charge on any atom is -0.392 e. The minimum absolute atomic E-state index is 0.283. The van der Waals surface area contributed by atoms with Gasteiger partial charge in [-0.2, -0.15) is 0 Å². The molecule has 3 nitrogen and oxygen atoms in total. The van der Waals surface area contributed by atoms with Crippen LogP contribution < -0.4 is 5.32 Å². The maximum absolute atomic E-state index is 9.58. The Bertz CT molecular complexity index is 299. The van der Waals surface area contributed by atoms with Crippen LogP contribution in [-0.4, -0.2) is 22.7 Å². The lowest BCUT2D eigenvalue weighted by Crippen LogP contribution is -2.30. The van der Waals surface area contributed by atoms with E-state index < -0.39 is 0 Å². The summed E-state index contributed by atoms with van der Waals surface area (Å²) in [5.74, 6) is 0.294. The van der Waals surface area contributed by atoms with Gasteiger partial charge in [-0.25, -0.2) is 0 Å². The van der Waals surface area contributed by atoms with E-state index in [9.17, 15) is 5.11 Å². The highest BCUT2D eigenvalue weighted by Crippen LogP contribution is 2.00. The van der Waals surface area contributed by atoms with Crippen molar-refractivity contribution in [3.63, 3.8) is 0 Å². The first-order valence-electron chi connectivity index (χ1n) is 5.41. The zero-order valence-corrected chi connectivity index (χ0v) is 9.70. The van der Waals surface area contributed by atoms with Crippen LogP contribution in [0.1, 0.15) is 25.2 Å². The Balaban J connectivity index is 2.32. The second kappa shape index (κ2) is 5.83. The maximum atomic E-state index is 9.58. The smallest absolute Gasteiger partial charge is 0.0687 e. The molecule has 0 amide bonds. The number of aromatic nitrogens is 1. The third-order valence-electron chi connectivity index (χ3n) is 2.38. The molecule has 1 unspecified atom stereocenters. The molecule has 1 aromatic rings. The number of nitrogens with one attached hydrogen (secondary N) is 1. The molecule has 0 aliphatic rings. The van der Waals surface area contributed by atoms with Crippen molar-refractivity contribution in [2.24, 2.45) is 5.92 Å². The van der Waals surface area contributed by atoms with Gasteiger partial charge in [-0.1, -0.05) is 19.9 Å². The van der Waals surface area contributed by atoms with Gasteiger partial charge in [0.15, 0.2) is 0 Å². The molecule has 2 N–H and O–H groups in total. The van der Waals surface area contributed by atoms with Crippen LogP contribution in [0.2, 0.25) is 0 Å². The number of aliphatic hydroxyl groups excluding tert-OH is 1. The van der Waals surface area contributed by atoms with Crippen LogP contribution in [0.5, 0.6) is 0 Å². The van der Waals surface area contributed by atoms with E-state index in [0.29, 0.717) is 19.0 Å². The van der Waals surface area contributed by atoms with Crippen molar-refractivity contribution < 1.29 is 5.11 Å². The molecule has 0 aliphatic heterocycles. The van der Waals surface area contributed by atoms with Gasteiger partial charge in [-0.05, 0) is 25.0 Å². The second-order valence-corrected chi connectivity index (χ2v) is 4.21. The molecular weight excluding hydrogens is 188 g/mol. The molecule has 0 aliphatic carbocycles. The largest absolute Gasteiger partial charge is 0.392 e. The molecule has 3 heteroatoms. The Labute approximate surface area is 91.5 Å². The number of aryl methyl sites for hydroxylation is 1. The highest BCUT2D eigenvalue weighted by atomic mass is 16.3. The quantitative estimate of drug-likeness (QED) is 0.770. The van der Waals surface area contributed by atoms with E-state index in [1.54, 1.807) is 0 Å². The number of hydrogen-bond acceptors (Lipinski definition) is 3. The van der Waals surface area contributed by atoms with E-state index in [1.807, 2.05) is 39.0 Å². The first kappa shape index (κ1) is 12.1.